The first-order valence-corrected chi connectivity index (χ1v) is 10.3. The summed E-state index contributed by atoms with van der Waals surface area (Å²) in [6.45, 7) is 4.46. The van der Waals surface area contributed by atoms with Crippen LogP contribution in [0.5, 0.6) is 5.75 Å². The molecule has 0 radical (unpaired) electrons. The van der Waals surface area contributed by atoms with Gasteiger partial charge in [0, 0.05) is 0 Å². The van der Waals surface area contributed by atoms with Crippen LogP contribution in [-0.2, 0) is 0 Å². The highest BCUT2D eigenvalue weighted by Crippen LogP contribution is 2.38. The first-order valence-electron chi connectivity index (χ1n) is 10.3. The summed E-state index contributed by atoms with van der Waals surface area (Å²) in [5.41, 5.74) is 3.14. The molecule has 0 atom stereocenters. The van der Waals surface area contributed by atoms with Gasteiger partial charge in [0.05, 0.1) is 12.2 Å². The fraction of sp³-hybridized carbons (Fsp3) is 0.500. The number of rotatable bonds is 7. The van der Waals surface area contributed by atoms with Crippen molar-refractivity contribution < 1.29 is 13.5 Å². The van der Waals surface area contributed by atoms with E-state index in [9.17, 15) is 8.78 Å². The maximum Gasteiger partial charge on any atom is 0.267 e. The number of hydrogen-bond donors (Lipinski definition) is 0. The van der Waals surface area contributed by atoms with Crippen molar-refractivity contribution in [2.75, 3.05) is 6.61 Å². The van der Waals surface area contributed by atoms with Gasteiger partial charge >= 0.3 is 0 Å². The summed E-state index contributed by atoms with van der Waals surface area (Å²) in [6, 6.07) is 13.6. The van der Waals surface area contributed by atoms with Crippen LogP contribution in [0.15, 0.2) is 42.5 Å². The lowest BCUT2D eigenvalue weighted by Gasteiger charge is -2.28. The molecule has 1 nitrogen and oxygen atoms in total. The molecule has 3 heteroatoms. The lowest BCUT2D eigenvalue weighted by Crippen LogP contribution is -2.13. The second-order valence-corrected chi connectivity index (χ2v) is 7.61. The van der Waals surface area contributed by atoms with E-state index in [2.05, 4.69) is 31.2 Å². The lowest BCUT2D eigenvalue weighted by atomic mass is 9.77. The van der Waals surface area contributed by atoms with Crippen molar-refractivity contribution >= 4 is 0 Å². The summed E-state index contributed by atoms with van der Waals surface area (Å²) in [4.78, 5) is 0. The van der Waals surface area contributed by atoms with E-state index in [1.165, 1.54) is 44.1 Å². The fourth-order valence-corrected chi connectivity index (χ4v) is 4.33. The van der Waals surface area contributed by atoms with E-state index in [0.29, 0.717) is 12.5 Å². The highest BCUT2D eigenvalue weighted by atomic mass is 19.3. The van der Waals surface area contributed by atoms with Gasteiger partial charge in [-0.15, -0.1) is 0 Å². The average molecular weight is 372 g/mol. The molecule has 0 N–H and O–H groups in total. The monoisotopic (exact) mass is 372 g/mol. The van der Waals surface area contributed by atoms with Crippen molar-refractivity contribution in [3.05, 3.63) is 53.6 Å². The zero-order valence-corrected chi connectivity index (χ0v) is 16.4. The largest absolute Gasteiger partial charge is 0.493 e. The number of ether oxygens (including phenoxy) is 1. The molecule has 146 valence electrons. The Hall–Kier alpha value is -1.90. The Morgan fingerprint density at radius 1 is 0.926 bits per heavy atom. The minimum absolute atomic E-state index is 0.0346. The van der Waals surface area contributed by atoms with E-state index in [0.717, 1.165) is 17.0 Å². The molecule has 0 amide bonds. The Labute approximate surface area is 161 Å². The van der Waals surface area contributed by atoms with Gasteiger partial charge in [-0.1, -0.05) is 50.1 Å². The van der Waals surface area contributed by atoms with Crippen LogP contribution < -0.4 is 4.74 Å². The first-order chi connectivity index (χ1) is 13.1. The van der Waals surface area contributed by atoms with Crippen molar-refractivity contribution in [2.24, 2.45) is 5.92 Å². The predicted octanol–water partition coefficient (Wildman–Crippen LogP) is 7.76. The van der Waals surface area contributed by atoms with Crippen LogP contribution in [0.4, 0.5) is 8.78 Å². The van der Waals surface area contributed by atoms with E-state index in [-0.39, 0.29) is 11.3 Å². The van der Waals surface area contributed by atoms with Crippen LogP contribution >= 0.6 is 0 Å². The summed E-state index contributed by atoms with van der Waals surface area (Å²) >= 11 is 0. The Balaban J connectivity index is 1.73. The topological polar surface area (TPSA) is 9.23 Å². The molecule has 0 unspecified atom stereocenters. The maximum absolute atomic E-state index is 13.4. The van der Waals surface area contributed by atoms with Gasteiger partial charge in [-0.2, -0.15) is 0 Å². The molecule has 3 rings (SSSR count). The molecular formula is C24H30F2O. The summed E-state index contributed by atoms with van der Waals surface area (Å²) < 4.78 is 32.1. The predicted molar refractivity (Wildman–Crippen MR) is 108 cm³/mol. The second kappa shape index (κ2) is 9.34. The smallest absolute Gasteiger partial charge is 0.267 e. The van der Waals surface area contributed by atoms with Crippen molar-refractivity contribution in [2.45, 2.75) is 64.7 Å². The standard InChI is InChI=1S/C24H30F2O/c1-3-5-17-6-8-18(9-7-17)19-10-12-20(13-11-19)21-14-15-23(27-4-2)22(16-21)24(25)26/h10-18,24H,3-9H2,1-2H3. The normalized spacial score (nSPS) is 20.0. The minimum atomic E-state index is -2.54. The Morgan fingerprint density at radius 3 is 2.19 bits per heavy atom. The number of halogens is 2. The molecular weight excluding hydrogens is 342 g/mol. The van der Waals surface area contributed by atoms with Gasteiger partial charge in [0.1, 0.15) is 5.75 Å². The Bertz CT molecular complexity index is 716. The van der Waals surface area contributed by atoms with Crippen molar-refractivity contribution in [3.63, 3.8) is 0 Å². The van der Waals surface area contributed by atoms with Crippen LogP contribution in [0.3, 0.4) is 0 Å². The summed E-state index contributed by atoms with van der Waals surface area (Å²) in [6.07, 6.45) is 5.30. The molecule has 1 aliphatic rings. The van der Waals surface area contributed by atoms with Gasteiger partial charge in [0.15, 0.2) is 0 Å². The van der Waals surface area contributed by atoms with E-state index in [1.54, 1.807) is 19.1 Å². The van der Waals surface area contributed by atoms with Crippen molar-refractivity contribution in [3.8, 4) is 16.9 Å². The number of alkyl halides is 2. The fourth-order valence-electron chi connectivity index (χ4n) is 4.33. The van der Waals surface area contributed by atoms with Gasteiger partial charge in [0.2, 0.25) is 0 Å². The second-order valence-electron chi connectivity index (χ2n) is 7.61. The van der Waals surface area contributed by atoms with Crippen LogP contribution in [-0.4, -0.2) is 6.61 Å². The third-order valence-corrected chi connectivity index (χ3v) is 5.80. The zero-order valence-electron chi connectivity index (χ0n) is 16.4. The summed E-state index contributed by atoms with van der Waals surface area (Å²) in [7, 11) is 0. The molecule has 0 spiro atoms. The van der Waals surface area contributed by atoms with Crippen LogP contribution in [0.1, 0.15) is 75.8 Å². The van der Waals surface area contributed by atoms with Crippen LogP contribution in [0.2, 0.25) is 0 Å². The van der Waals surface area contributed by atoms with Gasteiger partial charge < -0.3 is 4.74 Å². The summed E-state index contributed by atoms with van der Waals surface area (Å²) in [5.74, 6) is 1.82. The molecule has 0 bridgehead atoms. The van der Waals surface area contributed by atoms with E-state index in [1.807, 2.05) is 6.07 Å². The average Bonchev–Trinajstić information content (AvgIpc) is 2.69. The zero-order chi connectivity index (χ0) is 19.2. The number of benzene rings is 2. The van der Waals surface area contributed by atoms with E-state index < -0.39 is 6.43 Å². The molecule has 1 fully saturated rings. The molecule has 0 saturated heterocycles. The highest BCUT2D eigenvalue weighted by Gasteiger charge is 2.22. The third-order valence-electron chi connectivity index (χ3n) is 5.80. The molecule has 1 saturated carbocycles. The van der Waals surface area contributed by atoms with Crippen molar-refractivity contribution in [1.82, 2.24) is 0 Å². The molecule has 2 aromatic rings. The van der Waals surface area contributed by atoms with Gasteiger partial charge in [-0.05, 0) is 73.3 Å². The van der Waals surface area contributed by atoms with E-state index >= 15 is 0 Å². The molecule has 2 aromatic carbocycles. The minimum Gasteiger partial charge on any atom is -0.493 e. The van der Waals surface area contributed by atoms with E-state index in [4.69, 9.17) is 4.74 Å². The molecule has 0 aromatic heterocycles. The Morgan fingerprint density at radius 2 is 1.59 bits per heavy atom. The van der Waals surface area contributed by atoms with Crippen LogP contribution in [0, 0.1) is 5.92 Å². The quantitative estimate of drug-likeness (QED) is 0.482. The molecule has 0 aliphatic heterocycles. The third kappa shape index (κ3) is 4.88. The SMILES string of the molecule is CCCC1CCC(c2ccc(-c3ccc(OCC)c(C(F)F)c3)cc2)CC1. The Kier molecular flexibility index (Phi) is 6.87. The van der Waals surface area contributed by atoms with Gasteiger partial charge in [-0.3, -0.25) is 0 Å². The summed E-state index contributed by atoms with van der Waals surface area (Å²) in [5, 5.41) is 0. The molecule has 1 aliphatic carbocycles. The molecule has 27 heavy (non-hydrogen) atoms. The lowest BCUT2D eigenvalue weighted by molar-refractivity contribution is 0.145. The van der Waals surface area contributed by atoms with Crippen LogP contribution in [0.25, 0.3) is 11.1 Å². The molecule has 0 heterocycles. The van der Waals surface area contributed by atoms with Gasteiger partial charge in [-0.25, -0.2) is 8.78 Å². The number of hydrogen-bond acceptors (Lipinski definition) is 1. The van der Waals surface area contributed by atoms with Crippen molar-refractivity contribution in [1.29, 1.82) is 0 Å². The highest BCUT2D eigenvalue weighted by molar-refractivity contribution is 5.66. The maximum atomic E-state index is 13.4. The first kappa shape index (κ1) is 19.9. The van der Waals surface area contributed by atoms with Gasteiger partial charge in [0.25, 0.3) is 6.43 Å².